The minimum absolute atomic E-state index is 0.0819. The fourth-order valence-electron chi connectivity index (χ4n) is 32.6. The van der Waals surface area contributed by atoms with Gasteiger partial charge in [-0.1, -0.05) is 211 Å². The molecule has 4 N–H and O–H groups in total. The monoisotopic (exact) mass is 1500 g/mol. The molecule has 12 fully saturated rings. The highest BCUT2D eigenvalue weighted by Gasteiger charge is 2.64. The first kappa shape index (κ1) is 83.3. The van der Waals surface area contributed by atoms with Gasteiger partial charge in [0.05, 0.1) is 24.4 Å². The lowest BCUT2D eigenvalue weighted by atomic mass is 9.47. The average Bonchev–Trinajstić information content (AvgIpc) is 1.44. The van der Waals surface area contributed by atoms with E-state index in [0.29, 0.717) is 66.5 Å². The average molecular weight is 1500 g/mol. The molecule has 0 radical (unpaired) electrons. The molecule has 0 spiro atoms. The molecule has 614 valence electrons. The standard InChI is InChI=1S/C29H48O.C26H42O.2C25H40O/c1-19(8-9-20(2)27(3,4)5)24-12-13-25-23-11-10-21-18-22(30)14-16-28(21,6)26(23)15-17-29(24,25)7;1-17(2)6-7-18(3)22-10-11-23-21-9-8-19-16-20(27)12-14-25(19,4)24(21)13-15-26(22,23)5;2*1-16(2)14-17(3)21-8-9-22-20-7-6-18-15-19(26)10-12-24(18,4)23(20)11-13-25(21,22)5/h8-10,19-20,22-26,30H,11-18H2,1-7H3;6,8,18,20-24,27H,7,9-16H2,1-5H3;6,14,17,19-23,26H,7-13,15H2,1-5H3;6,14,16,19-23,26H,7-13,15H2,1-5H3/t19-,20?,22+,23+,24-,25+,26+,28+,29-;18-,20+,21+,22-,23+,24+,25+,26-;17?,19-,20-,21+,22-,23-,24-,25+;19-,20-,21+,22-,23-,24-,25+/m1100/s1/i;;;16D. The Kier molecular flexibility index (Phi) is 24.6. The normalized spacial score (nSPS) is 47.8. The van der Waals surface area contributed by atoms with E-state index in [9.17, 15) is 20.4 Å². The van der Waals surface area contributed by atoms with Crippen molar-refractivity contribution >= 4 is 0 Å². The first-order chi connectivity index (χ1) is 51.5. The van der Waals surface area contributed by atoms with E-state index in [1.165, 1.54) is 177 Å². The molecule has 0 aromatic heterocycles. The Balaban J connectivity index is 0.000000129. The summed E-state index contributed by atoms with van der Waals surface area (Å²) in [4.78, 5) is 0. The fraction of sp³-hybridized carbons (Fsp3) is 0.848. The maximum atomic E-state index is 10.2. The second kappa shape index (κ2) is 32.2. The summed E-state index contributed by atoms with van der Waals surface area (Å²) in [5.74, 6) is 16.2. The summed E-state index contributed by atoms with van der Waals surface area (Å²) in [6, 6.07) is 0. The van der Waals surface area contributed by atoms with Crippen LogP contribution in [0.5, 0.6) is 0 Å². The molecule has 2 unspecified atom stereocenters. The van der Waals surface area contributed by atoms with E-state index in [1.54, 1.807) is 22.3 Å². The van der Waals surface area contributed by atoms with Crippen LogP contribution in [0.4, 0.5) is 0 Å². The third-order valence-corrected chi connectivity index (χ3v) is 39.1. The molecule has 16 aliphatic rings. The molecule has 0 bridgehead atoms. The number of aliphatic hydroxyl groups excluding tert-OH is 4. The predicted octanol–water partition coefficient (Wildman–Crippen LogP) is 27.8. The van der Waals surface area contributed by atoms with Crippen LogP contribution in [0.2, 0.25) is 0 Å². The van der Waals surface area contributed by atoms with Gasteiger partial charge in [-0.15, -0.1) is 0 Å². The van der Waals surface area contributed by atoms with E-state index in [0.717, 1.165) is 152 Å². The molecule has 0 aromatic carbocycles. The lowest BCUT2D eigenvalue weighted by Gasteiger charge is -2.58. The van der Waals surface area contributed by atoms with E-state index >= 15 is 0 Å². The predicted molar refractivity (Wildman–Crippen MR) is 462 cm³/mol. The molecule has 0 aliphatic heterocycles. The molecule has 109 heavy (non-hydrogen) atoms. The van der Waals surface area contributed by atoms with Crippen LogP contribution < -0.4 is 0 Å². The Bertz CT molecular complexity index is 3490. The summed E-state index contributed by atoms with van der Waals surface area (Å²) in [5, 5.41) is 40.8. The molecule has 12 saturated carbocycles. The van der Waals surface area contributed by atoms with Crippen molar-refractivity contribution in [2.75, 3.05) is 0 Å². The van der Waals surface area contributed by atoms with E-state index in [-0.39, 0.29) is 24.4 Å². The van der Waals surface area contributed by atoms with Gasteiger partial charge in [-0.3, -0.25) is 0 Å². The van der Waals surface area contributed by atoms with Gasteiger partial charge in [0, 0.05) is 1.37 Å². The van der Waals surface area contributed by atoms with E-state index in [1.807, 2.05) is 13.8 Å². The zero-order valence-electron chi connectivity index (χ0n) is 75.7. The van der Waals surface area contributed by atoms with Crippen molar-refractivity contribution in [3.8, 4) is 0 Å². The zero-order chi connectivity index (χ0) is 79.6. The molecular formula is C105H170O4. The summed E-state index contributed by atoms with van der Waals surface area (Å²) in [7, 11) is 0. The third-order valence-electron chi connectivity index (χ3n) is 39.1. The Hall–Kier alpha value is -2.24. The smallest absolute Gasteiger partial charge is 0.0577 e. The second-order valence-corrected chi connectivity index (χ2v) is 46.4. The Morgan fingerprint density at radius 2 is 0.725 bits per heavy atom. The van der Waals surface area contributed by atoms with Gasteiger partial charge in [-0.25, -0.2) is 0 Å². The van der Waals surface area contributed by atoms with Crippen LogP contribution >= 0.6 is 0 Å². The number of hydrogen-bond acceptors (Lipinski definition) is 4. The fourth-order valence-corrected chi connectivity index (χ4v) is 32.6. The molecule has 4 nitrogen and oxygen atoms in total. The summed E-state index contributed by atoms with van der Waals surface area (Å²) in [6.45, 7) is 53.0. The molecule has 0 saturated heterocycles. The second-order valence-electron chi connectivity index (χ2n) is 46.4. The Morgan fingerprint density at radius 1 is 0.394 bits per heavy atom. The van der Waals surface area contributed by atoms with E-state index in [4.69, 9.17) is 1.37 Å². The van der Waals surface area contributed by atoms with Gasteiger partial charge in [0.15, 0.2) is 0 Å². The van der Waals surface area contributed by atoms with Crippen LogP contribution in [0, 0.1) is 173 Å². The number of allylic oxidation sites excluding steroid dienone is 12. The van der Waals surface area contributed by atoms with Crippen molar-refractivity contribution in [2.45, 2.75) is 389 Å². The van der Waals surface area contributed by atoms with Crippen molar-refractivity contribution in [2.24, 2.45) is 173 Å². The first-order valence-corrected chi connectivity index (χ1v) is 47.2. The van der Waals surface area contributed by atoms with Crippen LogP contribution in [0.15, 0.2) is 93.7 Å². The van der Waals surface area contributed by atoms with Crippen LogP contribution in [0.1, 0.15) is 366 Å². The van der Waals surface area contributed by atoms with Crippen molar-refractivity contribution in [1.29, 1.82) is 0 Å². The van der Waals surface area contributed by atoms with Crippen LogP contribution in [0.25, 0.3) is 0 Å². The molecule has 0 amide bonds. The maximum Gasteiger partial charge on any atom is 0.0577 e. The SMILES string of the molecule is CC(C)=CC(C)[C@H]1CC[C@H]2[C@@H]3CC=C4C[C@@H](O)CC[C@]4(C)[C@H]3CC[C@]12C.CC(C)=CC[C@@H](C)[C@H]1CC[C@H]2[C@@H]3CC=C4C[C@@H](O)CC[C@]4(C)[C@H]3CC[C@]12C.CC(C=C[C@@H](C)[C@H]1CC[C@H]2[C@@H]3CC=C4C[C@@H](O)CC[C@]4(C)[C@H]3CC[C@]12C)C(C)(C)C.[2H]C(C)(C)C=C(C)[C@H]1CC[C@H]2[C@@H]3CC=C4C[C@@H](O)CC[C@]4(C)[C@H]3CC[C@]12C. The Morgan fingerprint density at radius 3 is 1.07 bits per heavy atom. The minimum atomic E-state index is -0.464. The summed E-state index contributed by atoms with van der Waals surface area (Å²) in [5.41, 5.74) is 14.7. The highest BCUT2D eigenvalue weighted by Crippen LogP contribution is 2.73. The van der Waals surface area contributed by atoms with Crippen molar-refractivity contribution < 1.29 is 21.8 Å². The molecule has 16 rings (SSSR count). The van der Waals surface area contributed by atoms with Gasteiger partial charge in [0.25, 0.3) is 0 Å². The van der Waals surface area contributed by atoms with Gasteiger partial charge < -0.3 is 20.4 Å². The third kappa shape index (κ3) is 15.6. The maximum absolute atomic E-state index is 10.2. The summed E-state index contributed by atoms with van der Waals surface area (Å²) >= 11 is 0. The Labute approximate surface area is 673 Å². The van der Waals surface area contributed by atoms with Crippen molar-refractivity contribution in [3.63, 3.8) is 0 Å². The number of aliphatic hydroxyl groups is 4. The van der Waals surface area contributed by atoms with E-state index < -0.39 is 5.89 Å². The minimum Gasteiger partial charge on any atom is -0.393 e. The van der Waals surface area contributed by atoms with Crippen LogP contribution in [-0.2, 0) is 0 Å². The van der Waals surface area contributed by atoms with Crippen LogP contribution in [0.3, 0.4) is 0 Å². The van der Waals surface area contributed by atoms with Gasteiger partial charge in [0.2, 0.25) is 0 Å². The lowest BCUT2D eigenvalue weighted by molar-refractivity contribution is -0.0565. The van der Waals surface area contributed by atoms with Gasteiger partial charge in [0.1, 0.15) is 0 Å². The van der Waals surface area contributed by atoms with Gasteiger partial charge in [-0.05, 0) is 419 Å². The van der Waals surface area contributed by atoms with Gasteiger partial charge >= 0.3 is 0 Å². The molecule has 16 aliphatic carbocycles. The zero-order valence-corrected chi connectivity index (χ0v) is 74.7. The summed E-state index contributed by atoms with van der Waals surface area (Å²) in [6.07, 6.45) is 63.8. The number of rotatable bonds is 10. The largest absolute Gasteiger partial charge is 0.393 e. The first-order valence-electron chi connectivity index (χ1n) is 47.7. The van der Waals surface area contributed by atoms with Crippen LogP contribution in [-0.4, -0.2) is 44.8 Å². The van der Waals surface area contributed by atoms with Crippen molar-refractivity contribution in [1.82, 2.24) is 0 Å². The highest BCUT2D eigenvalue weighted by molar-refractivity contribution is 5.31. The highest BCUT2D eigenvalue weighted by atomic mass is 16.3. The summed E-state index contributed by atoms with van der Waals surface area (Å²) < 4.78 is 8.31. The lowest BCUT2D eigenvalue weighted by Crippen LogP contribution is -2.50. The molecule has 4 heteroatoms. The van der Waals surface area contributed by atoms with Crippen molar-refractivity contribution in [3.05, 3.63) is 93.7 Å². The molecule has 0 heterocycles. The molecule has 0 aromatic rings. The molecule has 32 atom stereocenters. The van der Waals surface area contributed by atoms with E-state index in [2.05, 4.69) is 193 Å². The number of hydrogen-bond donors (Lipinski definition) is 4. The topological polar surface area (TPSA) is 80.9 Å². The van der Waals surface area contributed by atoms with Gasteiger partial charge in [-0.2, -0.15) is 0 Å². The molecular weight excluding hydrogens is 1330 g/mol. The number of fused-ring (bicyclic) bond motifs is 20. The quantitative estimate of drug-likeness (QED) is 0.164.